The zero-order chi connectivity index (χ0) is 25.8. The standard InChI is InChI=1S/C24H32N2O7S2/c1-32-17-13-16(14-18(33-2)22(17)30)15-19-23(31)26(24(34)35-19)12-8-4-5-9-20(27)25-11-7-3-6-10-21(28)29/h13-15,30H,3-12H2,1-2H3,(H,25,27)(H,28,29)/b19-15-. The molecule has 0 unspecified atom stereocenters. The summed E-state index contributed by atoms with van der Waals surface area (Å²) in [4.78, 5) is 37.2. The van der Waals surface area contributed by atoms with Gasteiger partial charge in [0.15, 0.2) is 11.5 Å². The van der Waals surface area contributed by atoms with Crippen LogP contribution in [0.25, 0.3) is 6.08 Å². The van der Waals surface area contributed by atoms with E-state index in [1.807, 2.05) is 0 Å². The molecule has 1 heterocycles. The molecule has 0 saturated carbocycles. The number of hydrogen-bond donors (Lipinski definition) is 3. The van der Waals surface area contributed by atoms with Crippen molar-refractivity contribution < 1.29 is 34.1 Å². The summed E-state index contributed by atoms with van der Waals surface area (Å²) >= 11 is 6.60. The Balaban J connectivity index is 1.74. The van der Waals surface area contributed by atoms with Crippen LogP contribution in [0.3, 0.4) is 0 Å². The molecule has 1 aliphatic heterocycles. The first-order chi connectivity index (χ1) is 16.8. The number of carboxylic acids is 1. The van der Waals surface area contributed by atoms with Gasteiger partial charge in [0.05, 0.1) is 19.1 Å². The second-order valence-corrected chi connectivity index (χ2v) is 9.65. The molecule has 11 heteroatoms. The number of benzene rings is 1. The van der Waals surface area contributed by atoms with Crippen molar-refractivity contribution in [2.45, 2.75) is 51.4 Å². The molecule has 1 aromatic carbocycles. The van der Waals surface area contributed by atoms with Gasteiger partial charge in [-0.1, -0.05) is 36.8 Å². The number of nitrogens with zero attached hydrogens (tertiary/aromatic N) is 1. The molecule has 0 spiro atoms. The van der Waals surface area contributed by atoms with Gasteiger partial charge < -0.3 is 25.0 Å². The van der Waals surface area contributed by atoms with E-state index < -0.39 is 5.97 Å². The van der Waals surface area contributed by atoms with Gasteiger partial charge in [0.2, 0.25) is 11.7 Å². The number of carboxylic acid groups (broad SMARTS) is 1. The van der Waals surface area contributed by atoms with Gasteiger partial charge in [0, 0.05) is 25.9 Å². The minimum absolute atomic E-state index is 0.0171. The van der Waals surface area contributed by atoms with E-state index >= 15 is 0 Å². The van der Waals surface area contributed by atoms with Gasteiger partial charge in [-0.25, -0.2) is 0 Å². The van der Waals surface area contributed by atoms with Crippen LogP contribution in [0.5, 0.6) is 17.2 Å². The number of nitrogens with one attached hydrogen (secondary N) is 1. The summed E-state index contributed by atoms with van der Waals surface area (Å²) in [5, 5.41) is 21.5. The van der Waals surface area contributed by atoms with Gasteiger partial charge in [0.25, 0.3) is 5.91 Å². The Bertz CT molecular complexity index is 940. The highest BCUT2D eigenvalue weighted by atomic mass is 32.2. The Morgan fingerprint density at radius 3 is 2.31 bits per heavy atom. The molecule has 1 fully saturated rings. The van der Waals surface area contributed by atoms with Crippen molar-refractivity contribution in [3.8, 4) is 17.2 Å². The summed E-state index contributed by atoms with van der Waals surface area (Å²) in [5.41, 5.74) is 0.643. The molecule has 0 radical (unpaired) electrons. The van der Waals surface area contributed by atoms with E-state index in [0.29, 0.717) is 47.1 Å². The number of aromatic hydroxyl groups is 1. The van der Waals surface area contributed by atoms with E-state index in [1.54, 1.807) is 23.1 Å². The molecular weight excluding hydrogens is 492 g/mol. The predicted octanol–water partition coefficient (Wildman–Crippen LogP) is 3.93. The zero-order valence-electron chi connectivity index (χ0n) is 20.0. The third-order valence-corrected chi connectivity index (χ3v) is 6.73. The molecule has 0 bridgehead atoms. The first kappa shape index (κ1) is 28.4. The summed E-state index contributed by atoms with van der Waals surface area (Å²) in [6.07, 6.45) is 6.65. The number of unbranched alkanes of at least 4 members (excludes halogenated alkanes) is 4. The molecular formula is C24H32N2O7S2. The van der Waals surface area contributed by atoms with Crippen LogP contribution in [0.2, 0.25) is 0 Å². The van der Waals surface area contributed by atoms with E-state index in [9.17, 15) is 19.5 Å². The number of phenolic OH excluding ortho intramolecular Hbond substituents is 1. The average Bonchev–Trinajstić information content (AvgIpc) is 3.08. The summed E-state index contributed by atoms with van der Waals surface area (Å²) in [5.74, 6) is -0.608. The first-order valence-electron chi connectivity index (χ1n) is 11.5. The number of thioether (sulfide) groups is 1. The summed E-state index contributed by atoms with van der Waals surface area (Å²) in [6.45, 7) is 1.04. The van der Waals surface area contributed by atoms with Crippen molar-refractivity contribution in [3.05, 3.63) is 22.6 Å². The molecule has 2 amide bonds. The molecule has 35 heavy (non-hydrogen) atoms. The number of carbonyl (C=O) groups is 3. The van der Waals surface area contributed by atoms with Crippen molar-refractivity contribution in [1.29, 1.82) is 0 Å². The largest absolute Gasteiger partial charge is 0.502 e. The third-order valence-electron chi connectivity index (χ3n) is 5.35. The van der Waals surface area contributed by atoms with Crippen LogP contribution in [0.4, 0.5) is 0 Å². The van der Waals surface area contributed by atoms with Crippen LogP contribution in [0.15, 0.2) is 17.0 Å². The third kappa shape index (κ3) is 9.06. The van der Waals surface area contributed by atoms with Crippen molar-refractivity contribution in [1.82, 2.24) is 10.2 Å². The lowest BCUT2D eigenvalue weighted by atomic mass is 10.1. The fourth-order valence-corrected chi connectivity index (χ4v) is 4.78. The number of amides is 2. The first-order valence-corrected chi connectivity index (χ1v) is 12.7. The Morgan fingerprint density at radius 2 is 1.69 bits per heavy atom. The topological polar surface area (TPSA) is 125 Å². The molecule has 1 aromatic rings. The van der Waals surface area contributed by atoms with E-state index in [-0.39, 0.29) is 35.5 Å². The molecule has 3 N–H and O–H groups in total. The number of methoxy groups -OCH3 is 2. The molecule has 1 aliphatic rings. The quantitative estimate of drug-likeness (QED) is 0.178. The van der Waals surface area contributed by atoms with Crippen LogP contribution >= 0.6 is 24.0 Å². The molecule has 9 nitrogen and oxygen atoms in total. The van der Waals surface area contributed by atoms with Crippen LogP contribution in [0, 0.1) is 0 Å². The Hall–Kier alpha value is -2.79. The smallest absolute Gasteiger partial charge is 0.303 e. The fourth-order valence-electron chi connectivity index (χ4n) is 3.47. The molecule has 192 valence electrons. The van der Waals surface area contributed by atoms with E-state index in [1.165, 1.54) is 26.0 Å². The van der Waals surface area contributed by atoms with Gasteiger partial charge in [-0.15, -0.1) is 0 Å². The number of hydrogen-bond acceptors (Lipinski definition) is 8. The van der Waals surface area contributed by atoms with E-state index in [2.05, 4.69) is 5.32 Å². The van der Waals surface area contributed by atoms with Gasteiger partial charge >= 0.3 is 5.97 Å². The normalized spacial score (nSPS) is 14.5. The number of rotatable bonds is 15. The highest BCUT2D eigenvalue weighted by Crippen LogP contribution is 2.39. The number of carbonyl (C=O) groups excluding carboxylic acids is 2. The highest BCUT2D eigenvalue weighted by molar-refractivity contribution is 8.26. The van der Waals surface area contributed by atoms with Gasteiger partial charge in [-0.05, 0) is 49.5 Å². The maximum atomic E-state index is 12.8. The van der Waals surface area contributed by atoms with E-state index in [4.69, 9.17) is 26.8 Å². The summed E-state index contributed by atoms with van der Waals surface area (Å²) in [7, 11) is 2.87. The fraction of sp³-hybridized carbons (Fsp3) is 0.500. The second-order valence-electron chi connectivity index (χ2n) is 7.97. The number of ether oxygens (including phenoxy) is 2. The van der Waals surface area contributed by atoms with Crippen molar-refractivity contribution in [2.24, 2.45) is 0 Å². The minimum Gasteiger partial charge on any atom is -0.502 e. The van der Waals surface area contributed by atoms with Crippen LogP contribution in [-0.2, 0) is 14.4 Å². The Morgan fingerprint density at radius 1 is 1.06 bits per heavy atom. The maximum absolute atomic E-state index is 12.8. The number of thiocarbonyl (C=S) groups is 1. The molecule has 0 atom stereocenters. The van der Waals surface area contributed by atoms with E-state index in [0.717, 1.165) is 25.7 Å². The van der Waals surface area contributed by atoms with Gasteiger partial charge in [-0.2, -0.15) is 0 Å². The average molecular weight is 525 g/mol. The summed E-state index contributed by atoms with van der Waals surface area (Å²) in [6, 6.07) is 3.23. The highest BCUT2D eigenvalue weighted by Gasteiger charge is 2.31. The van der Waals surface area contributed by atoms with Gasteiger partial charge in [0.1, 0.15) is 4.32 Å². The molecule has 2 rings (SSSR count). The Labute approximate surface area is 214 Å². The summed E-state index contributed by atoms with van der Waals surface area (Å²) < 4.78 is 10.8. The van der Waals surface area contributed by atoms with Crippen molar-refractivity contribution in [3.63, 3.8) is 0 Å². The van der Waals surface area contributed by atoms with Gasteiger partial charge in [-0.3, -0.25) is 19.3 Å². The second kappa shape index (κ2) is 14.6. The predicted molar refractivity (Wildman–Crippen MR) is 139 cm³/mol. The number of aliphatic carboxylic acids is 1. The van der Waals surface area contributed by atoms with Crippen LogP contribution in [-0.4, -0.2) is 64.5 Å². The van der Waals surface area contributed by atoms with Crippen LogP contribution in [0.1, 0.15) is 56.9 Å². The molecule has 1 saturated heterocycles. The lowest BCUT2D eigenvalue weighted by molar-refractivity contribution is -0.137. The van der Waals surface area contributed by atoms with Crippen molar-refractivity contribution in [2.75, 3.05) is 27.3 Å². The SMILES string of the molecule is COc1cc(/C=C2\SC(=S)N(CCCCCC(=O)NCCCCCC(=O)O)C2=O)cc(OC)c1O. The minimum atomic E-state index is -0.796. The lowest BCUT2D eigenvalue weighted by Gasteiger charge is -2.14. The monoisotopic (exact) mass is 524 g/mol. The van der Waals surface area contributed by atoms with Crippen molar-refractivity contribution >= 4 is 52.2 Å². The Kier molecular flexibility index (Phi) is 11.8. The number of phenols is 1. The zero-order valence-corrected chi connectivity index (χ0v) is 21.6. The van der Waals surface area contributed by atoms with Crippen LogP contribution < -0.4 is 14.8 Å². The maximum Gasteiger partial charge on any atom is 0.303 e. The lowest BCUT2D eigenvalue weighted by Crippen LogP contribution is -2.29. The molecule has 0 aliphatic carbocycles. The molecule has 0 aromatic heterocycles.